The van der Waals surface area contributed by atoms with E-state index >= 15 is 0 Å². The van der Waals surface area contributed by atoms with Crippen LogP contribution in [0.2, 0.25) is 0 Å². The van der Waals surface area contributed by atoms with Gasteiger partial charge in [-0.2, -0.15) is 0 Å². The summed E-state index contributed by atoms with van der Waals surface area (Å²) in [5.41, 5.74) is 2.37. The highest BCUT2D eigenvalue weighted by molar-refractivity contribution is 5.07. The Kier molecular flexibility index (Phi) is 6.95. The molecule has 0 aromatic carbocycles. The normalized spacial score (nSPS) is 21.3. The smallest absolute Gasteiger partial charge is 0.0419 e. The van der Waals surface area contributed by atoms with E-state index in [1.54, 1.807) is 0 Å². The average molecular weight is 338 g/mol. The Labute approximate surface area is 151 Å². The summed E-state index contributed by atoms with van der Waals surface area (Å²) < 4.78 is 0. The molecule has 2 unspecified atom stereocenters. The summed E-state index contributed by atoms with van der Waals surface area (Å²) in [6, 6.07) is 14.0. The highest BCUT2D eigenvalue weighted by atomic mass is 15.0. The molecule has 0 aliphatic carbocycles. The number of hydrogen-bond acceptors (Lipinski definition) is 4. The van der Waals surface area contributed by atoms with Crippen molar-refractivity contribution in [2.75, 3.05) is 6.54 Å². The molecule has 134 valence electrons. The van der Waals surface area contributed by atoms with Gasteiger partial charge in [0.25, 0.3) is 0 Å². The van der Waals surface area contributed by atoms with E-state index in [9.17, 15) is 0 Å². The second-order valence-electron chi connectivity index (χ2n) is 7.08. The van der Waals surface area contributed by atoms with Crippen LogP contribution in [0.15, 0.2) is 48.8 Å². The van der Waals surface area contributed by atoms with Crippen molar-refractivity contribution in [1.29, 1.82) is 0 Å². The molecule has 3 rings (SSSR count). The third-order valence-electron chi connectivity index (χ3n) is 4.99. The lowest BCUT2D eigenvalue weighted by molar-refractivity contribution is 0.422. The van der Waals surface area contributed by atoms with Gasteiger partial charge in [-0.25, -0.2) is 0 Å². The lowest BCUT2D eigenvalue weighted by Crippen LogP contribution is -2.42. The third kappa shape index (κ3) is 5.91. The van der Waals surface area contributed by atoms with Gasteiger partial charge in [0.1, 0.15) is 0 Å². The molecule has 3 heterocycles. The zero-order valence-corrected chi connectivity index (χ0v) is 15.2. The molecule has 1 aliphatic heterocycles. The van der Waals surface area contributed by atoms with Gasteiger partial charge < -0.3 is 10.6 Å². The largest absolute Gasteiger partial charge is 0.312 e. The van der Waals surface area contributed by atoms with Gasteiger partial charge in [0, 0.05) is 61.3 Å². The Morgan fingerprint density at radius 2 is 1.76 bits per heavy atom. The minimum atomic E-state index is 0.511. The maximum absolute atomic E-state index is 4.48. The van der Waals surface area contributed by atoms with Crippen LogP contribution in [0.3, 0.4) is 0 Å². The summed E-state index contributed by atoms with van der Waals surface area (Å²) >= 11 is 0. The molecule has 4 nitrogen and oxygen atoms in total. The quantitative estimate of drug-likeness (QED) is 0.737. The third-order valence-corrected chi connectivity index (χ3v) is 4.99. The zero-order valence-electron chi connectivity index (χ0n) is 15.2. The van der Waals surface area contributed by atoms with Crippen molar-refractivity contribution in [3.8, 4) is 0 Å². The van der Waals surface area contributed by atoms with Crippen molar-refractivity contribution in [1.82, 2.24) is 20.6 Å². The number of nitrogens with zero attached hydrogens (tertiary/aromatic N) is 2. The lowest BCUT2D eigenvalue weighted by atomic mass is 10.0. The fourth-order valence-electron chi connectivity index (χ4n) is 3.70. The van der Waals surface area contributed by atoms with Gasteiger partial charge in [-0.1, -0.05) is 25.5 Å². The topological polar surface area (TPSA) is 49.8 Å². The van der Waals surface area contributed by atoms with Crippen LogP contribution in [0.1, 0.15) is 44.0 Å². The molecule has 0 radical (unpaired) electrons. The molecule has 1 fully saturated rings. The monoisotopic (exact) mass is 338 g/mol. The van der Waals surface area contributed by atoms with Crippen LogP contribution >= 0.6 is 0 Å². The van der Waals surface area contributed by atoms with E-state index in [1.807, 2.05) is 24.5 Å². The van der Waals surface area contributed by atoms with E-state index in [0.29, 0.717) is 18.1 Å². The first kappa shape index (κ1) is 18.0. The van der Waals surface area contributed by atoms with Crippen LogP contribution in [0.4, 0.5) is 0 Å². The first-order chi connectivity index (χ1) is 12.3. The Morgan fingerprint density at radius 1 is 1.04 bits per heavy atom. The Bertz CT molecular complexity index is 602. The second kappa shape index (κ2) is 9.64. The fourth-order valence-corrected chi connectivity index (χ4v) is 3.70. The predicted molar refractivity (Wildman–Crippen MR) is 103 cm³/mol. The Hall–Kier alpha value is -1.78. The maximum Gasteiger partial charge on any atom is 0.0419 e. The molecule has 2 N–H and O–H groups in total. The van der Waals surface area contributed by atoms with Crippen molar-refractivity contribution >= 4 is 0 Å². The number of rotatable bonds is 9. The molecule has 2 aromatic heterocycles. The molecule has 1 saturated heterocycles. The summed E-state index contributed by atoms with van der Waals surface area (Å²) in [6.45, 7) is 3.29. The van der Waals surface area contributed by atoms with E-state index in [2.05, 4.69) is 51.8 Å². The molecular formula is C21H30N4. The highest BCUT2D eigenvalue weighted by Crippen LogP contribution is 2.16. The minimum Gasteiger partial charge on any atom is -0.312 e. The van der Waals surface area contributed by atoms with Crippen molar-refractivity contribution in [3.63, 3.8) is 0 Å². The molecule has 4 heteroatoms. The maximum atomic E-state index is 4.48. The number of aromatic nitrogens is 2. The van der Waals surface area contributed by atoms with E-state index < -0.39 is 0 Å². The van der Waals surface area contributed by atoms with Crippen LogP contribution < -0.4 is 10.6 Å². The van der Waals surface area contributed by atoms with Crippen LogP contribution in [0.25, 0.3) is 0 Å². The van der Waals surface area contributed by atoms with E-state index in [-0.39, 0.29) is 0 Å². The zero-order chi connectivity index (χ0) is 17.3. The van der Waals surface area contributed by atoms with Gasteiger partial charge in [0.05, 0.1) is 0 Å². The Morgan fingerprint density at radius 3 is 2.44 bits per heavy atom. The van der Waals surface area contributed by atoms with Crippen LogP contribution in [-0.2, 0) is 12.8 Å². The summed E-state index contributed by atoms with van der Waals surface area (Å²) in [4.78, 5) is 8.93. The van der Waals surface area contributed by atoms with Crippen molar-refractivity contribution in [3.05, 3.63) is 60.2 Å². The van der Waals surface area contributed by atoms with Gasteiger partial charge in [-0.3, -0.25) is 9.97 Å². The van der Waals surface area contributed by atoms with Crippen LogP contribution in [0.5, 0.6) is 0 Å². The minimum absolute atomic E-state index is 0.511. The molecule has 3 atom stereocenters. The number of hydrogen-bond donors (Lipinski definition) is 2. The fraction of sp³-hybridized carbons (Fsp3) is 0.524. The lowest BCUT2D eigenvalue weighted by Gasteiger charge is -2.21. The van der Waals surface area contributed by atoms with Gasteiger partial charge in [-0.05, 0) is 43.5 Å². The predicted octanol–water partition coefficient (Wildman–Crippen LogP) is 3.14. The SMILES string of the molecule is CCCC(Cc1ccccn1)NC[C@@H]1CCC(Cc2ccccn2)N1. The average Bonchev–Trinajstić information content (AvgIpc) is 3.09. The summed E-state index contributed by atoms with van der Waals surface area (Å²) in [5.74, 6) is 0. The summed E-state index contributed by atoms with van der Waals surface area (Å²) in [6.07, 6.45) is 10.7. The number of nitrogens with one attached hydrogen (secondary N) is 2. The molecule has 0 bridgehead atoms. The number of pyridine rings is 2. The second-order valence-corrected chi connectivity index (χ2v) is 7.08. The highest BCUT2D eigenvalue weighted by Gasteiger charge is 2.24. The summed E-state index contributed by atoms with van der Waals surface area (Å²) in [7, 11) is 0. The molecule has 2 aromatic rings. The van der Waals surface area contributed by atoms with Gasteiger partial charge in [0.2, 0.25) is 0 Å². The molecule has 0 spiro atoms. The van der Waals surface area contributed by atoms with Gasteiger partial charge >= 0.3 is 0 Å². The van der Waals surface area contributed by atoms with Crippen molar-refractivity contribution < 1.29 is 0 Å². The van der Waals surface area contributed by atoms with E-state index in [1.165, 1.54) is 37.1 Å². The molecule has 0 saturated carbocycles. The van der Waals surface area contributed by atoms with Gasteiger partial charge in [-0.15, -0.1) is 0 Å². The first-order valence-corrected chi connectivity index (χ1v) is 9.62. The van der Waals surface area contributed by atoms with E-state index in [4.69, 9.17) is 0 Å². The standard InChI is InChI=1S/C21H30N4/c1-2-7-17(14-18-8-3-5-12-22-18)24-16-21-11-10-20(25-21)15-19-9-4-6-13-23-19/h3-6,8-9,12-13,17,20-21,24-25H,2,7,10-11,14-16H2,1H3/t17?,20?,21-/m0/s1. The molecule has 25 heavy (non-hydrogen) atoms. The van der Waals surface area contributed by atoms with Gasteiger partial charge in [0.15, 0.2) is 0 Å². The first-order valence-electron chi connectivity index (χ1n) is 9.62. The molecule has 0 amide bonds. The van der Waals surface area contributed by atoms with Crippen molar-refractivity contribution in [2.45, 2.75) is 63.6 Å². The van der Waals surface area contributed by atoms with Crippen molar-refractivity contribution in [2.24, 2.45) is 0 Å². The molecule has 1 aliphatic rings. The molecular weight excluding hydrogens is 308 g/mol. The Balaban J connectivity index is 1.43. The van der Waals surface area contributed by atoms with E-state index in [0.717, 1.165) is 19.4 Å². The van der Waals surface area contributed by atoms with Crippen LogP contribution in [0, 0.1) is 0 Å². The summed E-state index contributed by atoms with van der Waals surface area (Å²) in [5, 5.41) is 7.56. The van der Waals surface area contributed by atoms with Crippen LogP contribution in [-0.4, -0.2) is 34.6 Å².